The SMILES string of the molecule is Cc1nn(Cc2ccccc2F)c(C)c1NC(=O)c1ccc([N+](=O)[O-])cc1. The molecular formula is C19H17FN4O3. The van der Waals surface area contributed by atoms with Crippen molar-refractivity contribution in [2.75, 3.05) is 5.32 Å². The Bertz CT molecular complexity index is 1010. The van der Waals surface area contributed by atoms with Crippen LogP contribution in [0.3, 0.4) is 0 Å². The number of carbonyl (C=O) groups excluding carboxylic acids is 1. The lowest BCUT2D eigenvalue weighted by Gasteiger charge is -2.08. The number of hydrogen-bond acceptors (Lipinski definition) is 4. The van der Waals surface area contributed by atoms with Gasteiger partial charge in [0.25, 0.3) is 11.6 Å². The van der Waals surface area contributed by atoms with Crippen LogP contribution >= 0.6 is 0 Å². The second-order valence-corrected chi connectivity index (χ2v) is 6.05. The van der Waals surface area contributed by atoms with Crippen LogP contribution in [0, 0.1) is 29.8 Å². The highest BCUT2D eigenvalue weighted by molar-refractivity contribution is 6.05. The fourth-order valence-electron chi connectivity index (χ4n) is 2.74. The molecule has 0 unspecified atom stereocenters. The van der Waals surface area contributed by atoms with Crippen molar-refractivity contribution in [3.05, 3.63) is 87.0 Å². The van der Waals surface area contributed by atoms with Crippen LogP contribution in [0.1, 0.15) is 27.3 Å². The largest absolute Gasteiger partial charge is 0.319 e. The zero-order valence-electron chi connectivity index (χ0n) is 14.8. The van der Waals surface area contributed by atoms with Crippen LogP contribution in [0.2, 0.25) is 0 Å². The highest BCUT2D eigenvalue weighted by Crippen LogP contribution is 2.22. The molecule has 0 aliphatic heterocycles. The van der Waals surface area contributed by atoms with Gasteiger partial charge in [-0.3, -0.25) is 19.6 Å². The van der Waals surface area contributed by atoms with Crippen LogP contribution in [0.15, 0.2) is 48.5 Å². The van der Waals surface area contributed by atoms with E-state index in [1.165, 1.54) is 30.3 Å². The van der Waals surface area contributed by atoms with Crippen LogP contribution < -0.4 is 5.32 Å². The molecule has 0 spiro atoms. The summed E-state index contributed by atoms with van der Waals surface area (Å²) in [5.74, 6) is -0.719. The standard InChI is InChI=1S/C19H17FN4O3/c1-12-18(21-19(25)14-7-9-16(10-8-14)24(26)27)13(2)23(22-12)11-15-5-3-4-6-17(15)20/h3-10H,11H2,1-2H3,(H,21,25). The van der Waals surface area contributed by atoms with Gasteiger partial charge in [0.15, 0.2) is 0 Å². The first-order chi connectivity index (χ1) is 12.9. The van der Waals surface area contributed by atoms with Crippen molar-refractivity contribution >= 4 is 17.3 Å². The van der Waals surface area contributed by atoms with Gasteiger partial charge in [-0.15, -0.1) is 0 Å². The van der Waals surface area contributed by atoms with Crippen LogP contribution in [-0.4, -0.2) is 20.6 Å². The summed E-state index contributed by atoms with van der Waals surface area (Å²) in [6.45, 7) is 3.77. The van der Waals surface area contributed by atoms with Crippen molar-refractivity contribution in [1.82, 2.24) is 9.78 Å². The lowest BCUT2D eigenvalue weighted by atomic mass is 10.2. The average Bonchev–Trinajstić information content (AvgIpc) is 2.91. The topological polar surface area (TPSA) is 90.1 Å². The molecule has 0 atom stereocenters. The Hall–Kier alpha value is -3.55. The number of carbonyl (C=O) groups is 1. The minimum Gasteiger partial charge on any atom is -0.319 e. The third-order valence-corrected chi connectivity index (χ3v) is 4.24. The lowest BCUT2D eigenvalue weighted by Crippen LogP contribution is -2.13. The number of aryl methyl sites for hydroxylation is 1. The number of amides is 1. The zero-order valence-corrected chi connectivity index (χ0v) is 14.8. The predicted octanol–water partition coefficient (Wildman–Crippen LogP) is 3.85. The highest BCUT2D eigenvalue weighted by Gasteiger charge is 2.17. The molecule has 3 aromatic rings. The van der Waals surface area contributed by atoms with Gasteiger partial charge in [0.2, 0.25) is 0 Å². The number of aromatic nitrogens is 2. The monoisotopic (exact) mass is 368 g/mol. The number of nitrogens with zero attached hydrogens (tertiary/aromatic N) is 3. The molecule has 27 heavy (non-hydrogen) atoms. The Kier molecular flexibility index (Phi) is 4.98. The van der Waals surface area contributed by atoms with Gasteiger partial charge in [-0.25, -0.2) is 4.39 Å². The van der Waals surface area contributed by atoms with E-state index in [-0.39, 0.29) is 18.0 Å². The maximum absolute atomic E-state index is 13.9. The first kappa shape index (κ1) is 18.2. The summed E-state index contributed by atoms with van der Waals surface area (Å²) in [7, 11) is 0. The smallest absolute Gasteiger partial charge is 0.269 e. The molecule has 0 saturated carbocycles. The summed E-state index contributed by atoms with van der Waals surface area (Å²) < 4.78 is 15.5. The molecule has 0 fully saturated rings. The summed E-state index contributed by atoms with van der Waals surface area (Å²) in [6.07, 6.45) is 0. The van der Waals surface area contributed by atoms with Gasteiger partial charge in [0, 0.05) is 23.3 Å². The normalized spacial score (nSPS) is 10.6. The van der Waals surface area contributed by atoms with Gasteiger partial charge in [-0.1, -0.05) is 18.2 Å². The third kappa shape index (κ3) is 3.84. The Morgan fingerprint density at radius 2 is 1.85 bits per heavy atom. The Labute approximate surface area is 154 Å². The van der Waals surface area contributed by atoms with Crippen molar-refractivity contribution in [2.45, 2.75) is 20.4 Å². The van der Waals surface area contributed by atoms with E-state index >= 15 is 0 Å². The first-order valence-corrected chi connectivity index (χ1v) is 8.20. The second kappa shape index (κ2) is 7.36. The molecule has 0 bridgehead atoms. The molecule has 7 nitrogen and oxygen atoms in total. The number of rotatable bonds is 5. The van der Waals surface area contributed by atoms with Crippen molar-refractivity contribution < 1.29 is 14.1 Å². The fraction of sp³-hybridized carbons (Fsp3) is 0.158. The van der Waals surface area contributed by atoms with Crippen LogP contribution in [-0.2, 0) is 6.54 Å². The number of benzene rings is 2. The number of halogens is 1. The first-order valence-electron chi connectivity index (χ1n) is 8.20. The number of nitro groups is 1. The Balaban J connectivity index is 1.81. The lowest BCUT2D eigenvalue weighted by molar-refractivity contribution is -0.384. The van der Waals surface area contributed by atoms with E-state index in [1.807, 2.05) is 0 Å². The molecule has 0 saturated heterocycles. The van der Waals surface area contributed by atoms with Gasteiger partial charge < -0.3 is 5.32 Å². The number of non-ortho nitro benzene ring substituents is 1. The van der Waals surface area contributed by atoms with Crippen LogP contribution in [0.4, 0.5) is 15.8 Å². The number of hydrogen-bond donors (Lipinski definition) is 1. The summed E-state index contributed by atoms with van der Waals surface area (Å²) in [4.78, 5) is 22.6. The molecule has 138 valence electrons. The molecule has 1 aromatic heterocycles. The van der Waals surface area contributed by atoms with Crippen molar-refractivity contribution in [2.24, 2.45) is 0 Å². The van der Waals surface area contributed by atoms with Gasteiger partial charge in [0.05, 0.1) is 28.5 Å². The molecule has 2 aromatic carbocycles. The molecule has 0 aliphatic carbocycles. The van der Waals surface area contributed by atoms with Gasteiger partial charge >= 0.3 is 0 Å². The van der Waals surface area contributed by atoms with E-state index in [0.29, 0.717) is 28.2 Å². The highest BCUT2D eigenvalue weighted by atomic mass is 19.1. The molecule has 3 rings (SSSR count). The Morgan fingerprint density at radius 1 is 1.19 bits per heavy atom. The maximum Gasteiger partial charge on any atom is 0.269 e. The van der Waals surface area contributed by atoms with Crippen LogP contribution in [0.25, 0.3) is 0 Å². The van der Waals surface area contributed by atoms with E-state index in [9.17, 15) is 19.3 Å². The van der Waals surface area contributed by atoms with E-state index in [1.54, 1.807) is 36.7 Å². The maximum atomic E-state index is 13.9. The predicted molar refractivity (Wildman–Crippen MR) is 98.3 cm³/mol. The number of nitro benzene ring substituents is 1. The quantitative estimate of drug-likeness (QED) is 0.547. The summed E-state index contributed by atoms with van der Waals surface area (Å²) in [5.41, 5.74) is 2.52. The summed E-state index contributed by atoms with van der Waals surface area (Å²) >= 11 is 0. The third-order valence-electron chi connectivity index (χ3n) is 4.24. The molecule has 0 radical (unpaired) electrons. The molecule has 0 aliphatic rings. The molecule has 1 N–H and O–H groups in total. The van der Waals surface area contributed by atoms with E-state index in [0.717, 1.165) is 0 Å². The molecule has 1 amide bonds. The Morgan fingerprint density at radius 3 is 2.48 bits per heavy atom. The molecule has 8 heteroatoms. The minimum absolute atomic E-state index is 0.0865. The van der Waals surface area contributed by atoms with Crippen molar-refractivity contribution in [1.29, 1.82) is 0 Å². The van der Waals surface area contributed by atoms with Gasteiger partial charge in [-0.2, -0.15) is 5.10 Å². The van der Waals surface area contributed by atoms with Gasteiger partial charge in [-0.05, 0) is 32.0 Å². The van der Waals surface area contributed by atoms with Gasteiger partial charge in [0.1, 0.15) is 5.82 Å². The average molecular weight is 368 g/mol. The molecular weight excluding hydrogens is 351 g/mol. The van der Waals surface area contributed by atoms with E-state index < -0.39 is 10.8 Å². The summed E-state index contributed by atoms with van der Waals surface area (Å²) in [6, 6.07) is 11.8. The number of anilines is 1. The minimum atomic E-state index is -0.525. The van der Waals surface area contributed by atoms with Crippen molar-refractivity contribution in [3.8, 4) is 0 Å². The zero-order chi connectivity index (χ0) is 19.6. The molecule has 1 heterocycles. The van der Waals surface area contributed by atoms with Crippen LogP contribution in [0.5, 0.6) is 0 Å². The van der Waals surface area contributed by atoms with E-state index in [2.05, 4.69) is 10.4 Å². The summed E-state index contributed by atoms with van der Waals surface area (Å²) in [5, 5.41) is 17.9. The number of nitrogens with one attached hydrogen (secondary N) is 1. The second-order valence-electron chi connectivity index (χ2n) is 6.05. The van der Waals surface area contributed by atoms with Crippen molar-refractivity contribution in [3.63, 3.8) is 0 Å². The van der Waals surface area contributed by atoms with E-state index in [4.69, 9.17) is 0 Å². The fourth-order valence-corrected chi connectivity index (χ4v) is 2.74.